The molecular formula is C14H17NO2. The molecule has 1 aliphatic heterocycles. The van der Waals surface area contributed by atoms with E-state index < -0.39 is 5.41 Å². The Morgan fingerprint density at radius 3 is 2.53 bits per heavy atom. The van der Waals surface area contributed by atoms with E-state index in [1.165, 1.54) is 0 Å². The monoisotopic (exact) mass is 231 g/mol. The van der Waals surface area contributed by atoms with Crippen LogP contribution in [-0.2, 0) is 15.0 Å². The van der Waals surface area contributed by atoms with Gasteiger partial charge in [0, 0.05) is 0 Å². The third kappa shape index (κ3) is 1.57. The number of hydrogen-bond acceptors (Lipinski definition) is 2. The zero-order valence-corrected chi connectivity index (χ0v) is 10.4. The molecule has 1 N–H and O–H groups in total. The summed E-state index contributed by atoms with van der Waals surface area (Å²) >= 11 is 0. The summed E-state index contributed by atoms with van der Waals surface area (Å²) < 4.78 is 0. The Hall–Kier alpha value is -1.64. The smallest absolute Gasteiger partial charge is 0.237 e. The molecule has 0 aliphatic carbocycles. The second-order valence-electron chi connectivity index (χ2n) is 4.80. The topological polar surface area (TPSA) is 46.2 Å². The maximum atomic E-state index is 12.1. The number of nitrogens with one attached hydrogen (secondary N) is 1. The Morgan fingerprint density at radius 2 is 1.94 bits per heavy atom. The van der Waals surface area contributed by atoms with Gasteiger partial charge in [-0.1, -0.05) is 31.2 Å². The molecule has 1 aliphatic rings. The van der Waals surface area contributed by atoms with Gasteiger partial charge in [-0.25, -0.2) is 0 Å². The van der Waals surface area contributed by atoms with Crippen LogP contribution in [0.5, 0.6) is 0 Å². The Bertz CT molecular complexity index is 481. The fourth-order valence-electron chi connectivity index (χ4n) is 2.81. The van der Waals surface area contributed by atoms with Gasteiger partial charge in [0.25, 0.3) is 0 Å². The second-order valence-corrected chi connectivity index (χ2v) is 4.80. The normalized spacial score (nSPS) is 28.3. The molecule has 90 valence electrons. The van der Waals surface area contributed by atoms with Gasteiger partial charge >= 0.3 is 0 Å². The molecule has 1 fully saturated rings. The van der Waals surface area contributed by atoms with Crippen molar-refractivity contribution < 1.29 is 9.59 Å². The number of rotatable bonds is 2. The quantitative estimate of drug-likeness (QED) is 0.791. The Labute approximate surface area is 101 Å². The standard InChI is InChI=1S/C14H17NO2/c1-4-10-12(16)15-13(17)14(10,3)11-8-6-5-7-9(11)2/h5-8,10H,4H2,1-3H3,(H,15,16,17)/t10-,14+/m0/s1. The number of carbonyl (C=O) groups is 2. The van der Waals surface area contributed by atoms with Crippen LogP contribution >= 0.6 is 0 Å². The van der Waals surface area contributed by atoms with Gasteiger partial charge in [0.15, 0.2) is 0 Å². The van der Waals surface area contributed by atoms with Gasteiger partial charge in [-0.15, -0.1) is 0 Å². The Morgan fingerprint density at radius 1 is 1.29 bits per heavy atom. The molecule has 2 rings (SSSR count). The van der Waals surface area contributed by atoms with E-state index in [1.807, 2.05) is 45.0 Å². The summed E-state index contributed by atoms with van der Waals surface area (Å²) in [6.07, 6.45) is 0.669. The zero-order chi connectivity index (χ0) is 12.6. The SMILES string of the molecule is CC[C@H]1C(=O)NC(=O)[C@@]1(C)c1ccccc1C. The average Bonchev–Trinajstić information content (AvgIpc) is 2.50. The lowest BCUT2D eigenvalue weighted by molar-refractivity contribution is -0.126. The second kappa shape index (κ2) is 3.99. The molecule has 2 amide bonds. The van der Waals surface area contributed by atoms with Gasteiger partial charge in [-0.05, 0) is 31.4 Å². The van der Waals surface area contributed by atoms with Crippen molar-refractivity contribution in [3.05, 3.63) is 35.4 Å². The van der Waals surface area contributed by atoms with Gasteiger partial charge in [-0.2, -0.15) is 0 Å². The third-order valence-corrected chi connectivity index (χ3v) is 3.83. The molecule has 0 spiro atoms. The zero-order valence-electron chi connectivity index (χ0n) is 10.4. The van der Waals surface area contributed by atoms with E-state index in [1.54, 1.807) is 0 Å². The Balaban J connectivity index is 2.58. The largest absolute Gasteiger partial charge is 0.295 e. The van der Waals surface area contributed by atoms with Crippen molar-refractivity contribution in [1.29, 1.82) is 0 Å². The van der Waals surface area contributed by atoms with Crippen molar-refractivity contribution >= 4 is 11.8 Å². The van der Waals surface area contributed by atoms with Gasteiger partial charge in [0.05, 0.1) is 11.3 Å². The number of amides is 2. The number of carbonyl (C=O) groups excluding carboxylic acids is 2. The van der Waals surface area contributed by atoms with Gasteiger partial charge in [0.1, 0.15) is 0 Å². The summed E-state index contributed by atoms with van der Waals surface area (Å²) in [5, 5.41) is 2.46. The minimum absolute atomic E-state index is 0.150. The lowest BCUT2D eigenvalue weighted by Gasteiger charge is -2.28. The third-order valence-electron chi connectivity index (χ3n) is 3.83. The lowest BCUT2D eigenvalue weighted by Crippen LogP contribution is -2.37. The van der Waals surface area contributed by atoms with E-state index in [0.717, 1.165) is 11.1 Å². The van der Waals surface area contributed by atoms with Crippen LogP contribution in [0.4, 0.5) is 0 Å². The summed E-state index contributed by atoms with van der Waals surface area (Å²) in [7, 11) is 0. The molecule has 3 nitrogen and oxygen atoms in total. The van der Waals surface area contributed by atoms with Crippen molar-refractivity contribution in [2.45, 2.75) is 32.6 Å². The molecule has 0 aromatic heterocycles. The fraction of sp³-hybridized carbons (Fsp3) is 0.429. The predicted molar refractivity (Wildman–Crippen MR) is 65.5 cm³/mol. The highest BCUT2D eigenvalue weighted by Gasteiger charge is 2.52. The summed E-state index contributed by atoms with van der Waals surface area (Å²) in [6, 6.07) is 7.77. The van der Waals surface area contributed by atoms with Crippen LogP contribution in [0.1, 0.15) is 31.4 Å². The molecule has 1 aromatic carbocycles. The summed E-state index contributed by atoms with van der Waals surface area (Å²) in [4.78, 5) is 23.9. The number of hydrogen-bond donors (Lipinski definition) is 1. The molecule has 1 heterocycles. The highest BCUT2D eigenvalue weighted by Crippen LogP contribution is 2.39. The molecular weight excluding hydrogens is 214 g/mol. The van der Waals surface area contributed by atoms with Crippen LogP contribution in [-0.4, -0.2) is 11.8 Å². The maximum Gasteiger partial charge on any atom is 0.237 e. The Kier molecular flexibility index (Phi) is 2.77. The molecule has 0 bridgehead atoms. The minimum atomic E-state index is -0.725. The van der Waals surface area contributed by atoms with E-state index >= 15 is 0 Å². The van der Waals surface area contributed by atoms with E-state index in [4.69, 9.17) is 0 Å². The van der Waals surface area contributed by atoms with Crippen LogP contribution in [0, 0.1) is 12.8 Å². The van der Waals surface area contributed by atoms with Gasteiger partial charge < -0.3 is 0 Å². The molecule has 17 heavy (non-hydrogen) atoms. The van der Waals surface area contributed by atoms with Crippen molar-refractivity contribution in [2.24, 2.45) is 5.92 Å². The van der Waals surface area contributed by atoms with Gasteiger partial charge in [-0.3, -0.25) is 14.9 Å². The fourth-order valence-corrected chi connectivity index (χ4v) is 2.81. The molecule has 1 aromatic rings. The van der Waals surface area contributed by atoms with Crippen molar-refractivity contribution in [1.82, 2.24) is 5.32 Å². The maximum absolute atomic E-state index is 12.1. The highest BCUT2D eigenvalue weighted by atomic mass is 16.2. The number of imide groups is 1. The first-order valence-corrected chi connectivity index (χ1v) is 5.93. The van der Waals surface area contributed by atoms with E-state index in [2.05, 4.69) is 5.32 Å². The van der Waals surface area contributed by atoms with Crippen molar-refractivity contribution in [3.8, 4) is 0 Å². The number of aryl methyl sites for hydroxylation is 1. The van der Waals surface area contributed by atoms with Crippen LogP contribution in [0.2, 0.25) is 0 Å². The first kappa shape index (κ1) is 11.8. The van der Waals surface area contributed by atoms with Gasteiger partial charge in [0.2, 0.25) is 11.8 Å². The van der Waals surface area contributed by atoms with Crippen LogP contribution < -0.4 is 5.32 Å². The van der Waals surface area contributed by atoms with Crippen LogP contribution in [0.15, 0.2) is 24.3 Å². The molecule has 1 saturated heterocycles. The highest BCUT2D eigenvalue weighted by molar-refractivity contribution is 6.10. The summed E-state index contributed by atoms with van der Waals surface area (Å²) in [6.45, 7) is 5.78. The van der Waals surface area contributed by atoms with E-state index in [9.17, 15) is 9.59 Å². The van der Waals surface area contributed by atoms with E-state index in [0.29, 0.717) is 6.42 Å². The van der Waals surface area contributed by atoms with Crippen LogP contribution in [0.25, 0.3) is 0 Å². The predicted octanol–water partition coefficient (Wildman–Crippen LogP) is 1.94. The summed E-state index contributed by atoms with van der Waals surface area (Å²) in [5.74, 6) is -0.594. The van der Waals surface area contributed by atoms with Crippen LogP contribution in [0.3, 0.4) is 0 Å². The van der Waals surface area contributed by atoms with Crippen molar-refractivity contribution in [3.63, 3.8) is 0 Å². The number of benzene rings is 1. The first-order valence-electron chi connectivity index (χ1n) is 5.93. The lowest BCUT2D eigenvalue weighted by atomic mass is 9.71. The van der Waals surface area contributed by atoms with Crippen molar-refractivity contribution in [2.75, 3.05) is 0 Å². The molecule has 0 unspecified atom stereocenters. The minimum Gasteiger partial charge on any atom is -0.295 e. The molecule has 0 radical (unpaired) electrons. The average molecular weight is 231 g/mol. The first-order chi connectivity index (χ1) is 8.01. The molecule has 3 heteroatoms. The van der Waals surface area contributed by atoms with E-state index in [-0.39, 0.29) is 17.7 Å². The molecule has 0 saturated carbocycles. The summed E-state index contributed by atoms with van der Waals surface area (Å²) in [5.41, 5.74) is 1.28. The molecule has 2 atom stereocenters.